The number of nitrogens with one attached hydrogen (secondary N) is 1. The summed E-state index contributed by atoms with van der Waals surface area (Å²) in [6.07, 6.45) is 4.07. The van der Waals surface area contributed by atoms with Gasteiger partial charge in [0.1, 0.15) is 0 Å². The predicted molar refractivity (Wildman–Crippen MR) is 86.4 cm³/mol. The summed E-state index contributed by atoms with van der Waals surface area (Å²) in [6, 6.07) is 8.52. The molecule has 2 rings (SSSR count). The molecule has 0 aliphatic heterocycles. The minimum absolute atomic E-state index is 0.142. The third kappa shape index (κ3) is 3.98. The van der Waals surface area contributed by atoms with Crippen molar-refractivity contribution < 1.29 is 0 Å². The van der Waals surface area contributed by atoms with Crippen LogP contribution in [0.4, 0.5) is 5.69 Å². The lowest BCUT2D eigenvalue weighted by atomic mass is 9.98. The molecular weight excluding hydrogens is 272 g/mol. The molecule has 0 saturated carbocycles. The normalized spacial score (nSPS) is 11.6. The fourth-order valence-corrected chi connectivity index (χ4v) is 2.95. The van der Waals surface area contributed by atoms with Gasteiger partial charge in [0.2, 0.25) is 0 Å². The highest BCUT2D eigenvalue weighted by atomic mass is 32.2. The Kier molecular flexibility index (Phi) is 4.53. The molecule has 1 aromatic carbocycles. The Balaban J connectivity index is 1.96. The van der Waals surface area contributed by atoms with Gasteiger partial charge in [0, 0.05) is 27.1 Å². The fraction of sp³-hybridized carbons (Fsp3) is 0.400. The molecule has 0 spiro atoms. The smallest absolute Gasteiger partial charge is 0.0981 e. The number of hydrogen-bond acceptors (Lipinski definition) is 4. The molecule has 0 aliphatic rings. The maximum atomic E-state index is 4.50. The van der Waals surface area contributed by atoms with Gasteiger partial charge in [0.15, 0.2) is 0 Å². The van der Waals surface area contributed by atoms with E-state index < -0.39 is 0 Å². The summed E-state index contributed by atoms with van der Waals surface area (Å²) in [6.45, 7) is 7.44. The number of nitrogens with zero attached hydrogens (tertiary/aromatic N) is 1. The molecule has 0 saturated heterocycles. The average Bonchev–Trinajstić information content (AvgIpc) is 2.86. The highest BCUT2D eigenvalue weighted by Gasteiger charge is 2.17. The minimum Gasteiger partial charge on any atom is -0.380 e. The van der Waals surface area contributed by atoms with Gasteiger partial charge >= 0.3 is 0 Å². The van der Waals surface area contributed by atoms with Crippen LogP contribution in [0.5, 0.6) is 0 Å². The van der Waals surface area contributed by atoms with Crippen molar-refractivity contribution in [1.82, 2.24) is 4.98 Å². The van der Waals surface area contributed by atoms with Gasteiger partial charge in [-0.05, 0) is 30.5 Å². The van der Waals surface area contributed by atoms with Crippen molar-refractivity contribution in [3.63, 3.8) is 0 Å². The highest BCUT2D eigenvalue weighted by Crippen LogP contribution is 2.27. The van der Waals surface area contributed by atoms with Gasteiger partial charge in [-0.3, -0.25) is 0 Å². The molecule has 4 heteroatoms. The van der Waals surface area contributed by atoms with E-state index >= 15 is 0 Å². The van der Waals surface area contributed by atoms with Crippen molar-refractivity contribution in [2.24, 2.45) is 0 Å². The number of aromatic nitrogens is 1. The van der Waals surface area contributed by atoms with E-state index in [2.05, 4.69) is 61.6 Å². The van der Waals surface area contributed by atoms with E-state index in [1.165, 1.54) is 14.8 Å². The van der Waals surface area contributed by atoms with Gasteiger partial charge in [-0.2, -0.15) is 0 Å². The second-order valence-corrected chi connectivity index (χ2v) is 7.46. The van der Waals surface area contributed by atoms with Crippen LogP contribution in [0.25, 0.3) is 0 Å². The Hall–Kier alpha value is -1.00. The first-order chi connectivity index (χ1) is 8.99. The zero-order valence-corrected chi connectivity index (χ0v) is 13.5. The maximum absolute atomic E-state index is 4.50. The molecule has 1 N–H and O–H groups in total. The van der Waals surface area contributed by atoms with Crippen molar-refractivity contribution in [2.75, 3.05) is 11.6 Å². The van der Waals surface area contributed by atoms with Crippen LogP contribution in [0.2, 0.25) is 0 Å². The van der Waals surface area contributed by atoms with E-state index in [0.29, 0.717) is 0 Å². The summed E-state index contributed by atoms with van der Waals surface area (Å²) in [5, 5.41) is 4.63. The van der Waals surface area contributed by atoms with Crippen molar-refractivity contribution >= 4 is 28.8 Å². The standard InChI is InChI=1S/C15H20N2S2/c1-15(2,3)14-17-10-13(19-14)9-16-11-5-7-12(18-4)8-6-11/h5-8,10,16H,9H2,1-4H3. The van der Waals surface area contributed by atoms with Crippen molar-refractivity contribution in [3.8, 4) is 0 Å². The number of thiazole rings is 1. The fourth-order valence-electron chi connectivity index (χ4n) is 1.63. The van der Waals surface area contributed by atoms with Gasteiger partial charge in [-0.15, -0.1) is 23.1 Å². The second kappa shape index (κ2) is 5.97. The summed E-state index contributed by atoms with van der Waals surface area (Å²) in [5.41, 5.74) is 1.30. The molecule has 102 valence electrons. The number of hydrogen-bond donors (Lipinski definition) is 1. The zero-order valence-electron chi connectivity index (χ0n) is 11.9. The average molecular weight is 292 g/mol. The van der Waals surface area contributed by atoms with Gasteiger partial charge in [0.25, 0.3) is 0 Å². The predicted octanol–water partition coefficient (Wildman–Crippen LogP) is 4.77. The quantitative estimate of drug-likeness (QED) is 0.821. The van der Waals surface area contributed by atoms with Crippen LogP contribution in [0, 0.1) is 0 Å². The molecular formula is C15H20N2S2. The number of benzene rings is 1. The van der Waals surface area contributed by atoms with E-state index in [1.807, 2.05) is 6.20 Å². The van der Waals surface area contributed by atoms with Crippen LogP contribution in [-0.2, 0) is 12.0 Å². The summed E-state index contributed by atoms with van der Waals surface area (Å²) < 4.78 is 0. The molecule has 0 unspecified atom stereocenters. The van der Waals surface area contributed by atoms with Crippen LogP contribution >= 0.6 is 23.1 Å². The first-order valence-corrected chi connectivity index (χ1v) is 8.36. The van der Waals surface area contributed by atoms with E-state index in [1.54, 1.807) is 23.1 Å². The topological polar surface area (TPSA) is 24.9 Å². The van der Waals surface area contributed by atoms with Crippen LogP contribution in [0.1, 0.15) is 30.7 Å². The second-order valence-electron chi connectivity index (χ2n) is 5.46. The largest absolute Gasteiger partial charge is 0.380 e. The lowest BCUT2D eigenvalue weighted by molar-refractivity contribution is 0.585. The van der Waals surface area contributed by atoms with Gasteiger partial charge in [0.05, 0.1) is 11.6 Å². The van der Waals surface area contributed by atoms with Crippen LogP contribution in [-0.4, -0.2) is 11.2 Å². The Bertz CT molecular complexity index is 524. The minimum atomic E-state index is 0.142. The summed E-state index contributed by atoms with van der Waals surface area (Å²) in [7, 11) is 0. The molecule has 0 amide bonds. The Morgan fingerprint density at radius 3 is 2.42 bits per heavy atom. The summed E-state index contributed by atoms with van der Waals surface area (Å²) in [5.74, 6) is 0. The summed E-state index contributed by atoms with van der Waals surface area (Å²) >= 11 is 3.55. The van der Waals surface area contributed by atoms with Crippen molar-refractivity contribution in [2.45, 2.75) is 37.6 Å². The third-order valence-corrected chi connectivity index (χ3v) is 4.92. The van der Waals surface area contributed by atoms with E-state index in [4.69, 9.17) is 0 Å². The monoisotopic (exact) mass is 292 g/mol. The van der Waals surface area contributed by atoms with Crippen LogP contribution in [0.3, 0.4) is 0 Å². The molecule has 19 heavy (non-hydrogen) atoms. The third-order valence-electron chi connectivity index (χ3n) is 2.75. The van der Waals surface area contributed by atoms with Gasteiger partial charge in [-0.1, -0.05) is 20.8 Å². The van der Waals surface area contributed by atoms with Crippen molar-refractivity contribution in [1.29, 1.82) is 0 Å². The van der Waals surface area contributed by atoms with Crippen LogP contribution < -0.4 is 5.32 Å². The highest BCUT2D eigenvalue weighted by molar-refractivity contribution is 7.98. The Morgan fingerprint density at radius 2 is 1.89 bits per heavy atom. The first kappa shape index (κ1) is 14.4. The first-order valence-electron chi connectivity index (χ1n) is 6.32. The van der Waals surface area contributed by atoms with E-state index in [9.17, 15) is 0 Å². The maximum Gasteiger partial charge on any atom is 0.0981 e. The molecule has 0 bridgehead atoms. The van der Waals surface area contributed by atoms with Gasteiger partial charge < -0.3 is 5.32 Å². The molecule has 1 heterocycles. The lowest BCUT2D eigenvalue weighted by Crippen LogP contribution is -2.09. The molecule has 1 aromatic heterocycles. The van der Waals surface area contributed by atoms with E-state index in [-0.39, 0.29) is 5.41 Å². The Morgan fingerprint density at radius 1 is 1.21 bits per heavy atom. The van der Waals surface area contributed by atoms with E-state index in [0.717, 1.165) is 12.2 Å². The zero-order chi connectivity index (χ0) is 13.9. The van der Waals surface area contributed by atoms with Crippen molar-refractivity contribution in [3.05, 3.63) is 40.3 Å². The number of rotatable bonds is 4. The number of thioether (sulfide) groups is 1. The molecule has 0 fully saturated rings. The molecule has 2 nitrogen and oxygen atoms in total. The van der Waals surface area contributed by atoms with Gasteiger partial charge in [-0.25, -0.2) is 4.98 Å². The summed E-state index contributed by atoms with van der Waals surface area (Å²) in [4.78, 5) is 7.07. The molecule has 0 atom stereocenters. The number of anilines is 1. The SMILES string of the molecule is CSc1ccc(NCc2cnc(C(C)(C)C)s2)cc1. The molecule has 0 radical (unpaired) electrons. The van der Waals surface area contributed by atoms with Crippen LogP contribution in [0.15, 0.2) is 35.4 Å². The Labute approximate surface area is 123 Å². The molecule has 2 aromatic rings. The molecule has 0 aliphatic carbocycles. The lowest BCUT2D eigenvalue weighted by Gasteiger charge is -2.13.